The average molecular weight is 195 g/mol. The van der Waals surface area contributed by atoms with E-state index < -0.39 is 0 Å². The summed E-state index contributed by atoms with van der Waals surface area (Å²) in [5.74, 6) is -0.112. The number of rotatable bonds is 2. The van der Waals surface area contributed by atoms with E-state index in [4.69, 9.17) is 5.73 Å². The first-order chi connectivity index (χ1) is 6.59. The Hall–Kier alpha value is -1.58. The van der Waals surface area contributed by atoms with Gasteiger partial charge in [0.25, 0.3) is 0 Å². The van der Waals surface area contributed by atoms with Crippen LogP contribution in [0.15, 0.2) is 29.3 Å². The van der Waals surface area contributed by atoms with Gasteiger partial charge in [0.1, 0.15) is 5.82 Å². The topological polar surface area (TPSA) is 50.4 Å². The molecule has 0 fully saturated rings. The molecule has 1 rings (SSSR count). The monoisotopic (exact) mass is 195 g/mol. The van der Waals surface area contributed by atoms with E-state index in [-0.39, 0.29) is 17.8 Å². The highest BCUT2D eigenvalue weighted by atomic mass is 19.1. The summed E-state index contributed by atoms with van der Waals surface area (Å²) in [6.45, 7) is 3.80. The number of halogens is 1. The molecule has 1 aromatic rings. The molecule has 0 radical (unpaired) electrons. The second-order valence-electron chi connectivity index (χ2n) is 3.21. The predicted molar refractivity (Wildman–Crippen MR) is 56.8 cm³/mol. The van der Waals surface area contributed by atoms with Gasteiger partial charge in [0, 0.05) is 6.04 Å². The van der Waals surface area contributed by atoms with Crippen LogP contribution in [0.25, 0.3) is 0 Å². The van der Waals surface area contributed by atoms with Gasteiger partial charge in [0.2, 0.25) is 0 Å². The normalized spacial score (nSPS) is 11.9. The van der Waals surface area contributed by atoms with Crippen LogP contribution in [0.2, 0.25) is 0 Å². The number of guanidine groups is 1. The smallest absolute Gasteiger partial charge is 0.193 e. The maximum atomic E-state index is 13.1. The first-order valence-corrected chi connectivity index (χ1v) is 4.44. The summed E-state index contributed by atoms with van der Waals surface area (Å²) in [7, 11) is 0. The molecule has 1 aromatic carbocycles. The Bertz CT molecular complexity index is 334. The molecule has 76 valence electrons. The highest BCUT2D eigenvalue weighted by molar-refractivity contribution is 5.92. The van der Waals surface area contributed by atoms with Gasteiger partial charge >= 0.3 is 0 Å². The largest absolute Gasteiger partial charge is 0.370 e. The van der Waals surface area contributed by atoms with Crippen LogP contribution < -0.4 is 11.1 Å². The van der Waals surface area contributed by atoms with Crippen LogP contribution in [0.5, 0.6) is 0 Å². The number of para-hydroxylation sites is 1. The summed E-state index contributed by atoms with van der Waals surface area (Å²) in [6, 6.07) is 6.42. The standard InChI is InChI=1S/C10H14FN3/c1-7(2)13-10(12)14-9-6-4-3-5-8(9)11/h3-7H,1-2H3,(H3,12,13,14). The van der Waals surface area contributed by atoms with E-state index in [2.05, 4.69) is 10.3 Å². The quantitative estimate of drug-likeness (QED) is 0.560. The molecule has 0 aliphatic rings. The molecule has 0 aliphatic carbocycles. The molecular weight excluding hydrogens is 181 g/mol. The van der Waals surface area contributed by atoms with Gasteiger partial charge in [0.15, 0.2) is 5.96 Å². The van der Waals surface area contributed by atoms with Crippen LogP contribution >= 0.6 is 0 Å². The highest BCUT2D eigenvalue weighted by Gasteiger charge is 2.01. The van der Waals surface area contributed by atoms with Crippen molar-refractivity contribution in [2.45, 2.75) is 19.9 Å². The maximum Gasteiger partial charge on any atom is 0.193 e. The molecule has 0 saturated carbocycles. The number of hydrogen-bond donors (Lipinski definition) is 2. The third-order valence-electron chi connectivity index (χ3n) is 1.53. The molecule has 0 unspecified atom stereocenters. The summed E-state index contributed by atoms with van der Waals surface area (Å²) in [5, 5.41) is 2.69. The average Bonchev–Trinajstić information content (AvgIpc) is 2.07. The lowest BCUT2D eigenvalue weighted by atomic mass is 10.3. The highest BCUT2D eigenvalue weighted by Crippen LogP contribution is 2.11. The van der Waals surface area contributed by atoms with Crippen molar-refractivity contribution in [3.8, 4) is 0 Å². The minimum atomic E-state index is -0.339. The van der Waals surface area contributed by atoms with Crippen molar-refractivity contribution in [3.05, 3.63) is 30.1 Å². The zero-order valence-electron chi connectivity index (χ0n) is 8.29. The number of nitrogens with two attached hydrogens (primary N) is 1. The van der Waals surface area contributed by atoms with Gasteiger partial charge in [-0.2, -0.15) is 0 Å². The Morgan fingerprint density at radius 2 is 2.07 bits per heavy atom. The lowest BCUT2D eigenvalue weighted by molar-refractivity contribution is 0.632. The van der Waals surface area contributed by atoms with Gasteiger partial charge in [-0.05, 0) is 26.0 Å². The molecule has 0 atom stereocenters. The van der Waals surface area contributed by atoms with Crippen LogP contribution in [0.1, 0.15) is 13.8 Å². The lowest BCUT2D eigenvalue weighted by Gasteiger charge is -2.07. The minimum Gasteiger partial charge on any atom is -0.370 e. The van der Waals surface area contributed by atoms with E-state index in [9.17, 15) is 4.39 Å². The molecule has 0 spiro atoms. The Balaban J connectivity index is 2.74. The first kappa shape index (κ1) is 10.5. The maximum absolute atomic E-state index is 13.1. The van der Waals surface area contributed by atoms with Gasteiger partial charge < -0.3 is 11.1 Å². The third-order valence-corrected chi connectivity index (χ3v) is 1.53. The van der Waals surface area contributed by atoms with Crippen molar-refractivity contribution in [2.75, 3.05) is 5.32 Å². The van der Waals surface area contributed by atoms with Crippen molar-refractivity contribution in [3.63, 3.8) is 0 Å². The fraction of sp³-hybridized carbons (Fsp3) is 0.300. The molecule has 14 heavy (non-hydrogen) atoms. The summed E-state index contributed by atoms with van der Waals surface area (Å²) >= 11 is 0. The number of nitrogens with zero attached hydrogens (tertiary/aromatic N) is 1. The lowest BCUT2D eigenvalue weighted by Crippen LogP contribution is -2.24. The van der Waals surface area contributed by atoms with E-state index in [1.165, 1.54) is 6.07 Å². The molecule has 0 aliphatic heterocycles. The summed E-state index contributed by atoms with van der Waals surface area (Å²) in [6.07, 6.45) is 0. The van der Waals surface area contributed by atoms with Crippen molar-refractivity contribution >= 4 is 11.6 Å². The zero-order valence-corrected chi connectivity index (χ0v) is 8.29. The van der Waals surface area contributed by atoms with Gasteiger partial charge in [-0.15, -0.1) is 0 Å². The fourth-order valence-electron chi connectivity index (χ4n) is 1.01. The number of hydrogen-bond acceptors (Lipinski definition) is 1. The van der Waals surface area contributed by atoms with Gasteiger partial charge in [-0.1, -0.05) is 12.1 Å². The molecule has 3 N–H and O–H groups in total. The van der Waals surface area contributed by atoms with Gasteiger partial charge in [-0.25, -0.2) is 4.39 Å². The number of aliphatic imine (C=N–C) groups is 1. The van der Waals surface area contributed by atoms with E-state index in [0.717, 1.165) is 0 Å². The fourth-order valence-corrected chi connectivity index (χ4v) is 1.01. The second-order valence-corrected chi connectivity index (χ2v) is 3.21. The summed E-state index contributed by atoms with van der Waals surface area (Å²) in [4.78, 5) is 4.03. The van der Waals surface area contributed by atoms with Crippen molar-refractivity contribution in [1.29, 1.82) is 0 Å². The van der Waals surface area contributed by atoms with Crippen LogP contribution in [0.4, 0.5) is 10.1 Å². The van der Waals surface area contributed by atoms with Crippen molar-refractivity contribution < 1.29 is 4.39 Å². The summed E-state index contributed by atoms with van der Waals surface area (Å²) < 4.78 is 13.1. The van der Waals surface area contributed by atoms with E-state index in [1.807, 2.05) is 13.8 Å². The molecule has 4 heteroatoms. The molecule has 0 heterocycles. The Kier molecular flexibility index (Phi) is 3.45. The zero-order chi connectivity index (χ0) is 10.6. The molecule has 3 nitrogen and oxygen atoms in total. The van der Waals surface area contributed by atoms with Crippen molar-refractivity contribution in [1.82, 2.24) is 0 Å². The van der Waals surface area contributed by atoms with E-state index in [0.29, 0.717) is 5.69 Å². The summed E-state index contributed by atoms with van der Waals surface area (Å²) in [5.41, 5.74) is 5.89. The van der Waals surface area contributed by atoms with Crippen LogP contribution in [0.3, 0.4) is 0 Å². The van der Waals surface area contributed by atoms with Crippen molar-refractivity contribution in [2.24, 2.45) is 10.7 Å². The van der Waals surface area contributed by atoms with Crippen LogP contribution in [-0.4, -0.2) is 12.0 Å². The Labute approximate surface area is 82.8 Å². The Morgan fingerprint density at radius 1 is 1.43 bits per heavy atom. The SMILES string of the molecule is CC(C)N=C(N)Nc1ccccc1F. The molecule has 0 bridgehead atoms. The van der Waals surface area contributed by atoms with Crippen LogP contribution in [-0.2, 0) is 0 Å². The predicted octanol–water partition coefficient (Wildman–Crippen LogP) is 1.96. The number of nitrogens with one attached hydrogen (secondary N) is 1. The van der Waals surface area contributed by atoms with E-state index in [1.54, 1.807) is 18.2 Å². The minimum absolute atomic E-state index is 0.0919. The molecular formula is C10H14FN3. The molecule has 0 saturated heterocycles. The first-order valence-electron chi connectivity index (χ1n) is 4.44. The van der Waals surface area contributed by atoms with Gasteiger partial charge in [-0.3, -0.25) is 4.99 Å². The molecule has 0 amide bonds. The second kappa shape index (κ2) is 4.60. The third kappa shape index (κ3) is 3.05. The Morgan fingerprint density at radius 3 is 2.64 bits per heavy atom. The van der Waals surface area contributed by atoms with E-state index >= 15 is 0 Å². The number of anilines is 1. The van der Waals surface area contributed by atoms with Gasteiger partial charge in [0.05, 0.1) is 5.69 Å². The molecule has 0 aromatic heterocycles. The number of benzene rings is 1. The van der Waals surface area contributed by atoms with Crippen LogP contribution in [0, 0.1) is 5.82 Å².